The lowest BCUT2D eigenvalue weighted by atomic mass is 10.1. The van der Waals surface area contributed by atoms with E-state index in [4.69, 9.17) is 0 Å². The number of hydrogen-bond acceptors (Lipinski definition) is 5. The van der Waals surface area contributed by atoms with Crippen LogP contribution in [0.2, 0.25) is 0 Å². The highest BCUT2D eigenvalue weighted by Crippen LogP contribution is 2.29. The summed E-state index contributed by atoms with van der Waals surface area (Å²) in [6.07, 6.45) is 0. The molecule has 1 N–H and O–H groups in total. The van der Waals surface area contributed by atoms with Crippen molar-refractivity contribution < 1.29 is 9.18 Å². The van der Waals surface area contributed by atoms with Crippen LogP contribution in [0.15, 0.2) is 36.4 Å². The molecule has 0 spiro atoms. The van der Waals surface area contributed by atoms with Gasteiger partial charge >= 0.3 is 0 Å². The Morgan fingerprint density at radius 1 is 1.14 bits per heavy atom. The van der Waals surface area contributed by atoms with Crippen LogP contribution in [0, 0.1) is 19.7 Å². The van der Waals surface area contributed by atoms with Gasteiger partial charge in [0, 0.05) is 44.8 Å². The SMILES string of the molecule is Cc1ccc(C(=O)NCCN2CCN(c3nc4ccc(F)cc4s3)CC2)c(C)c1. The van der Waals surface area contributed by atoms with Gasteiger partial charge < -0.3 is 10.2 Å². The van der Waals surface area contributed by atoms with E-state index in [1.54, 1.807) is 23.5 Å². The molecule has 29 heavy (non-hydrogen) atoms. The summed E-state index contributed by atoms with van der Waals surface area (Å²) >= 11 is 1.54. The van der Waals surface area contributed by atoms with E-state index in [-0.39, 0.29) is 11.7 Å². The molecule has 1 fully saturated rings. The summed E-state index contributed by atoms with van der Waals surface area (Å²) in [4.78, 5) is 21.6. The van der Waals surface area contributed by atoms with E-state index in [1.165, 1.54) is 6.07 Å². The van der Waals surface area contributed by atoms with E-state index >= 15 is 0 Å². The third kappa shape index (κ3) is 4.57. The highest BCUT2D eigenvalue weighted by Gasteiger charge is 2.20. The van der Waals surface area contributed by atoms with Gasteiger partial charge in [0.1, 0.15) is 5.82 Å². The first-order valence-corrected chi connectivity index (χ1v) is 10.7. The Kier molecular flexibility index (Phi) is 5.78. The molecule has 4 rings (SSSR count). The van der Waals surface area contributed by atoms with Crippen molar-refractivity contribution in [2.75, 3.05) is 44.2 Å². The number of aryl methyl sites for hydroxylation is 2. The zero-order valence-corrected chi connectivity index (χ0v) is 17.6. The summed E-state index contributed by atoms with van der Waals surface area (Å²) in [5.41, 5.74) is 3.76. The van der Waals surface area contributed by atoms with Crippen LogP contribution in [0.25, 0.3) is 10.2 Å². The van der Waals surface area contributed by atoms with E-state index < -0.39 is 0 Å². The summed E-state index contributed by atoms with van der Waals surface area (Å²) in [5, 5.41) is 3.98. The number of nitrogens with zero attached hydrogens (tertiary/aromatic N) is 3. The molecule has 2 aromatic carbocycles. The molecule has 5 nitrogen and oxygen atoms in total. The largest absolute Gasteiger partial charge is 0.351 e. The highest BCUT2D eigenvalue weighted by atomic mass is 32.1. The minimum atomic E-state index is -0.222. The number of anilines is 1. The molecule has 7 heteroatoms. The quantitative estimate of drug-likeness (QED) is 0.696. The van der Waals surface area contributed by atoms with Crippen LogP contribution in [0.5, 0.6) is 0 Å². The second kappa shape index (κ2) is 8.47. The summed E-state index contributed by atoms with van der Waals surface area (Å²) in [7, 11) is 0. The first-order valence-electron chi connectivity index (χ1n) is 9.88. The van der Waals surface area contributed by atoms with Gasteiger partial charge in [-0.1, -0.05) is 29.0 Å². The zero-order valence-electron chi connectivity index (χ0n) is 16.7. The molecule has 0 saturated carbocycles. The zero-order chi connectivity index (χ0) is 20.4. The lowest BCUT2D eigenvalue weighted by molar-refractivity contribution is 0.0947. The van der Waals surface area contributed by atoms with Gasteiger partial charge in [-0.3, -0.25) is 9.69 Å². The highest BCUT2D eigenvalue weighted by molar-refractivity contribution is 7.22. The molecule has 2 heterocycles. The van der Waals surface area contributed by atoms with Gasteiger partial charge in [-0.2, -0.15) is 0 Å². The Bertz CT molecular complexity index is 1030. The number of carbonyl (C=O) groups is 1. The fourth-order valence-corrected chi connectivity index (χ4v) is 4.72. The monoisotopic (exact) mass is 412 g/mol. The average Bonchev–Trinajstić information content (AvgIpc) is 3.11. The first-order chi connectivity index (χ1) is 14.0. The van der Waals surface area contributed by atoms with Crippen LogP contribution in [0.3, 0.4) is 0 Å². The smallest absolute Gasteiger partial charge is 0.251 e. The topological polar surface area (TPSA) is 48.5 Å². The summed E-state index contributed by atoms with van der Waals surface area (Å²) in [6.45, 7) is 9.06. The van der Waals surface area contributed by atoms with Crippen molar-refractivity contribution in [1.82, 2.24) is 15.2 Å². The molecule has 1 amide bonds. The Morgan fingerprint density at radius 3 is 2.69 bits per heavy atom. The molecule has 152 valence electrons. The number of aromatic nitrogens is 1. The van der Waals surface area contributed by atoms with Crippen molar-refractivity contribution in [2.24, 2.45) is 0 Å². The van der Waals surface area contributed by atoms with Gasteiger partial charge in [0.25, 0.3) is 5.91 Å². The molecule has 0 bridgehead atoms. The molecule has 0 atom stereocenters. The maximum absolute atomic E-state index is 13.4. The van der Waals surface area contributed by atoms with Crippen molar-refractivity contribution >= 4 is 32.6 Å². The number of piperazine rings is 1. The molecule has 0 unspecified atom stereocenters. The standard InChI is InChI=1S/C22H25FN4OS/c1-15-3-5-18(16(2)13-15)21(28)24-7-8-26-9-11-27(12-10-26)22-25-19-6-4-17(23)14-20(19)29-22/h3-6,13-14H,7-12H2,1-2H3,(H,24,28). The lowest BCUT2D eigenvalue weighted by Crippen LogP contribution is -2.48. The number of carbonyl (C=O) groups excluding carboxylic acids is 1. The molecule has 3 aromatic rings. The minimum absolute atomic E-state index is 0.0113. The summed E-state index contributed by atoms with van der Waals surface area (Å²) in [5.74, 6) is -0.233. The van der Waals surface area contributed by atoms with Gasteiger partial charge in [-0.25, -0.2) is 9.37 Å². The first kappa shape index (κ1) is 19.8. The van der Waals surface area contributed by atoms with Gasteiger partial charge in [-0.15, -0.1) is 0 Å². The average molecular weight is 413 g/mol. The number of nitrogens with one attached hydrogen (secondary N) is 1. The number of hydrogen-bond donors (Lipinski definition) is 1. The number of halogens is 1. The van der Waals surface area contributed by atoms with Crippen LogP contribution >= 0.6 is 11.3 Å². The van der Waals surface area contributed by atoms with Crippen LogP contribution in [0.4, 0.5) is 9.52 Å². The second-order valence-electron chi connectivity index (χ2n) is 7.51. The third-order valence-corrected chi connectivity index (χ3v) is 6.40. The van der Waals surface area contributed by atoms with Crippen molar-refractivity contribution in [1.29, 1.82) is 0 Å². The van der Waals surface area contributed by atoms with Crippen molar-refractivity contribution in [3.8, 4) is 0 Å². The second-order valence-corrected chi connectivity index (χ2v) is 8.52. The number of fused-ring (bicyclic) bond motifs is 1. The van der Waals surface area contributed by atoms with E-state index in [9.17, 15) is 9.18 Å². The molecule has 1 aliphatic heterocycles. The van der Waals surface area contributed by atoms with Crippen molar-refractivity contribution in [3.05, 3.63) is 58.9 Å². The normalized spacial score (nSPS) is 15.1. The Balaban J connectivity index is 1.26. The van der Waals surface area contributed by atoms with E-state index in [0.29, 0.717) is 6.54 Å². The van der Waals surface area contributed by atoms with Crippen molar-refractivity contribution in [3.63, 3.8) is 0 Å². The Hall–Kier alpha value is -2.51. The minimum Gasteiger partial charge on any atom is -0.351 e. The lowest BCUT2D eigenvalue weighted by Gasteiger charge is -2.34. The summed E-state index contributed by atoms with van der Waals surface area (Å²) in [6, 6.07) is 10.6. The number of rotatable bonds is 5. The molecule has 0 aliphatic carbocycles. The number of thiazole rings is 1. The Labute approximate surface area is 174 Å². The van der Waals surface area contributed by atoms with Crippen LogP contribution < -0.4 is 10.2 Å². The molecule has 1 aliphatic rings. The Morgan fingerprint density at radius 2 is 1.93 bits per heavy atom. The van der Waals surface area contributed by atoms with E-state index in [1.807, 2.05) is 32.0 Å². The van der Waals surface area contributed by atoms with Gasteiger partial charge in [0.15, 0.2) is 5.13 Å². The van der Waals surface area contributed by atoms with Gasteiger partial charge in [0.2, 0.25) is 0 Å². The van der Waals surface area contributed by atoms with Crippen molar-refractivity contribution in [2.45, 2.75) is 13.8 Å². The molecular weight excluding hydrogens is 387 g/mol. The molecule has 0 radical (unpaired) electrons. The predicted octanol–water partition coefficient (Wildman–Crippen LogP) is 3.60. The maximum Gasteiger partial charge on any atom is 0.251 e. The van der Waals surface area contributed by atoms with Crippen LogP contribution in [0.1, 0.15) is 21.5 Å². The molecular formula is C22H25FN4OS. The number of benzene rings is 2. The molecule has 1 saturated heterocycles. The summed E-state index contributed by atoms with van der Waals surface area (Å²) < 4.78 is 14.3. The van der Waals surface area contributed by atoms with Gasteiger partial charge in [0.05, 0.1) is 10.2 Å². The van der Waals surface area contributed by atoms with E-state index in [0.717, 1.165) is 64.8 Å². The predicted molar refractivity (Wildman–Crippen MR) is 116 cm³/mol. The van der Waals surface area contributed by atoms with Crippen LogP contribution in [-0.2, 0) is 0 Å². The van der Waals surface area contributed by atoms with Crippen LogP contribution in [-0.4, -0.2) is 55.1 Å². The maximum atomic E-state index is 13.4. The fourth-order valence-electron chi connectivity index (χ4n) is 3.68. The van der Waals surface area contributed by atoms with Gasteiger partial charge in [-0.05, 0) is 43.7 Å². The number of amides is 1. The van der Waals surface area contributed by atoms with E-state index in [2.05, 4.69) is 20.1 Å². The fraction of sp³-hybridized carbons (Fsp3) is 0.364. The molecule has 1 aromatic heterocycles. The third-order valence-electron chi connectivity index (χ3n) is 5.32.